The number of nitrogens with zero attached hydrogens (tertiary/aromatic N) is 1. The maximum Gasteiger partial charge on any atom is 0.338 e. The Balaban J connectivity index is 1.74. The van der Waals surface area contributed by atoms with E-state index in [0.29, 0.717) is 18.3 Å². The molecule has 5 nitrogen and oxygen atoms in total. The maximum absolute atomic E-state index is 10.7. The quantitative estimate of drug-likeness (QED) is 0.804. The molecule has 2 heterocycles. The first-order valence-electron chi connectivity index (χ1n) is 6.41. The van der Waals surface area contributed by atoms with Crippen molar-refractivity contribution in [3.8, 4) is 0 Å². The Morgan fingerprint density at radius 3 is 2.89 bits per heavy atom. The van der Waals surface area contributed by atoms with Gasteiger partial charge in [-0.05, 0) is 38.9 Å². The highest BCUT2D eigenvalue weighted by Gasteiger charge is 2.15. The number of hydrogen-bond donors (Lipinski definition) is 2. The molecule has 0 bridgehead atoms. The summed E-state index contributed by atoms with van der Waals surface area (Å²) < 4.78 is 5.19. The van der Waals surface area contributed by atoms with Gasteiger partial charge >= 0.3 is 5.97 Å². The normalized spacial score (nSPS) is 18.1. The molecular weight excluding hydrogens is 232 g/mol. The fourth-order valence-corrected chi connectivity index (χ4v) is 2.28. The monoisotopic (exact) mass is 252 g/mol. The van der Waals surface area contributed by atoms with Crippen LogP contribution in [0.4, 0.5) is 0 Å². The summed E-state index contributed by atoms with van der Waals surface area (Å²) in [6.07, 6.45) is 3.88. The van der Waals surface area contributed by atoms with Gasteiger partial charge in [-0.25, -0.2) is 4.79 Å². The maximum atomic E-state index is 10.7. The van der Waals surface area contributed by atoms with Gasteiger partial charge in [0.15, 0.2) is 0 Å². The second-order valence-electron chi connectivity index (χ2n) is 4.90. The standard InChI is InChI=1S/C13H20N2O3/c1-10(8-15-4-2-3-5-15)14-7-12-6-11(9-18-12)13(16)17/h6,9-10,14H,2-5,7-8H2,1H3,(H,16,17). The number of carboxylic acids is 1. The smallest absolute Gasteiger partial charge is 0.338 e. The fraction of sp³-hybridized carbons (Fsp3) is 0.615. The number of aromatic carboxylic acids is 1. The van der Waals surface area contributed by atoms with Crippen molar-refractivity contribution in [3.63, 3.8) is 0 Å². The zero-order valence-corrected chi connectivity index (χ0v) is 10.7. The zero-order chi connectivity index (χ0) is 13.0. The van der Waals surface area contributed by atoms with Crippen molar-refractivity contribution in [3.05, 3.63) is 23.7 Å². The Kier molecular flexibility index (Phi) is 4.38. The van der Waals surface area contributed by atoms with Crippen LogP contribution in [0, 0.1) is 0 Å². The molecule has 0 saturated carbocycles. The molecule has 1 aromatic rings. The summed E-state index contributed by atoms with van der Waals surface area (Å²) >= 11 is 0. The van der Waals surface area contributed by atoms with Crippen LogP contribution >= 0.6 is 0 Å². The third-order valence-corrected chi connectivity index (χ3v) is 3.26. The van der Waals surface area contributed by atoms with E-state index >= 15 is 0 Å². The molecule has 1 aliphatic heterocycles. The summed E-state index contributed by atoms with van der Waals surface area (Å²) in [6, 6.07) is 1.94. The van der Waals surface area contributed by atoms with Crippen molar-refractivity contribution in [2.75, 3.05) is 19.6 Å². The van der Waals surface area contributed by atoms with Crippen LogP contribution in [0.2, 0.25) is 0 Å². The van der Waals surface area contributed by atoms with Gasteiger partial charge in [-0.15, -0.1) is 0 Å². The molecule has 5 heteroatoms. The predicted molar refractivity (Wildman–Crippen MR) is 67.6 cm³/mol. The second-order valence-corrected chi connectivity index (χ2v) is 4.90. The van der Waals surface area contributed by atoms with Crippen molar-refractivity contribution in [1.29, 1.82) is 0 Å². The Labute approximate surface area is 107 Å². The van der Waals surface area contributed by atoms with Crippen LogP contribution in [0.25, 0.3) is 0 Å². The Bertz CT molecular complexity index is 397. The van der Waals surface area contributed by atoms with Gasteiger partial charge < -0.3 is 19.7 Å². The second kappa shape index (κ2) is 6.02. The lowest BCUT2D eigenvalue weighted by Crippen LogP contribution is -2.37. The van der Waals surface area contributed by atoms with Crippen molar-refractivity contribution in [1.82, 2.24) is 10.2 Å². The Hall–Kier alpha value is -1.33. The number of carbonyl (C=O) groups is 1. The van der Waals surface area contributed by atoms with Gasteiger partial charge in [0, 0.05) is 12.6 Å². The molecule has 0 aliphatic carbocycles. The molecule has 0 amide bonds. The van der Waals surface area contributed by atoms with Crippen LogP contribution in [-0.2, 0) is 6.54 Å². The molecule has 1 fully saturated rings. The third kappa shape index (κ3) is 3.58. The summed E-state index contributed by atoms with van der Waals surface area (Å²) in [5.74, 6) is -0.282. The molecule has 2 rings (SSSR count). The van der Waals surface area contributed by atoms with E-state index in [4.69, 9.17) is 9.52 Å². The van der Waals surface area contributed by atoms with E-state index in [-0.39, 0.29) is 5.56 Å². The third-order valence-electron chi connectivity index (χ3n) is 3.26. The average molecular weight is 252 g/mol. The van der Waals surface area contributed by atoms with E-state index in [1.807, 2.05) is 0 Å². The summed E-state index contributed by atoms with van der Waals surface area (Å²) in [5.41, 5.74) is 0.207. The lowest BCUT2D eigenvalue weighted by molar-refractivity contribution is 0.0696. The lowest BCUT2D eigenvalue weighted by Gasteiger charge is -2.20. The Morgan fingerprint density at radius 1 is 1.56 bits per heavy atom. The largest absolute Gasteiger partial charge is 0.478 e. The fourth-order valence-electron chi connectivity index (χ4n) is 2.28. The average Bonchev–Trinajstić information content (AvgIpc) is 2.96. The number of hydrogen-bond acceptors (Lipinski definition) is 4. The molecule has 2 N–H and O–H groups in total. The molecule has 100 valence electrons. The van der Waals surface area contributed by atoms with Gasteiger partial charge in [0.1, 0.15) is 12.0 Å². The SMILES string of the molecule is CC(CN1CCCC1)NCc1cc(C(=O)O)co1. The molecule has 1 aliphatic rings. The summed E-state index contributed by atoms with van der Waals surface area (Å²) in [5, 5.41) is 12.1. The molecule has 1 atom stereocenters. The number of furan rings is 1. The van der Waals surface area contributed by atoms with Gasteiger partial charge in [0.2, 0.25) is 0 Å². The highest BCUT2D eigenvalue weighted by molar-refractivity contribution is 5.87. The van der Waals surface area contributed by atoms with E-state index in [0.717, 1.165) is 6.54 Å². The summed E-state index contributed by atoms with van der Waals surface area (Å²) in [6.45, 7) is 6.13. The van der Waals surface area contributed by atoms with Gasteiger partial charge in [-0.1, -0.05) is 0 Å². The minimum absolute atomic E-state index is 0.207. The van der Waals surface area contributed by atoms with Gasteiger partial charge in [-0.2, -0.15) is 0 Å². The van der Waals surface area contributed by atoms with Crippen LogP contribution in [0.3, 0.4) is 0 Å². The van der Waals surface area contributed by atoms with Gasteiger partial charge in [0.05, 0.1) is 12.1 Å². The van der Waals surface area contributed by atoms with Crippen LogP contribution in [0.1, 0.15) is 35.9 Å². The number of carboxylic acid groups (broad SMARTS) is 1. The molecule has 0 spiro atoms. The van der Waals surface area contributed by atoms with Gasteiger partial charge in [0.25, 0.3) is 0 Å². The molecule has 1 aromatic heterocycles. The Morgan fingerprint density at radius 2 is 2.28 bits per heavy atom. The van der Waals surface area contributed by atoms with Crippen molar-refractivity contribution in [2.24, 2.45) is 0 Å². The van der Waals surface area contributed by atoms with E-state index in [2.05, 4.69) is 17.1 Å². The van der Waals surface area contributed by atoms with E-state index in [9.17, 15) is 4.79 Å². The molecule has 0 aromatic carbocycles. The topological polar surface area (TPSA) is 65.7 Å². The lowest BCUT2D eigenvalue weighted by atomic mass is 10.3. The highest BCUT2D eigenvalue weighted by Crippen LogP contribution is 2.09. The van der Waals surface area contributed by atoms with Crippen molar-refractivity contribution >= 4 is 5.97 Å². The summed E-state index contributed by atoms with van der Waals surface area (Å²) in [4.78, 5) is 13.1. The molecule has 1 saturated heterocycles. The predicted octanol–water partition coefficient (Wildman–Crippen LogP) is 1.55. The first-order valence-corrected chi connectivity index (χ1v) is 6.41. The first kappa shape index (κ1) is 13.1. The van der Waals surface area contributed by atoms with Crippen molar-refractivity contribution in [2.45, 2.75) is 32.4 Å². The van der Waals surface area contributed by atoms with E-state index in [1.165, 1.54) is 32.2 Å². The first-order chi connectivity index (χ1) is 8.65. The minimum Gasteiger partial charge on any atom is -0.478 e. The highest BCUT2D eigenvalue weighted by atomic mass is 16.4. The molecular formula is C13H20N2O3. The number of nitrogens with one attached hydrogen (secondary N) is 1. The number of likely N-dealkylation sites (tertiary alicyclic amines) is 1. The van der Waals surface area contributed by atoms with Crippen LogP contribution in [0.15, 0.2) is 16.7 Å². The van der Waals surface area contributed by atoms with E-state index < -0.39 is 5.97 Å². The van der Waals surface area contributed by atoms with Crippen LogP contribution < -0.4 is 5.32 Å². The molecule has 1 unspecified atom stereocenters. The summed E-state index contributed by atoms with van der Waals surface area (Å²) in [7, 11) is 0. The van der Waals surface area contributed by atoms with Crippen LogP contribution in [-0.4, -0.2) is 41.7 Å². The van der Waals surface area contributed by atoms with Gasteiger partial charge in [-0.3, -0.25) is 0 Å². The van der Waals surface area contributed by atoms with Crippen molar-refractivity contribution < 1.29 is 14.3 Å². The van der Waals surface area contributed by atoms with E-state index in [1.54, 1.807) is 6.07 Å². The number of rotatable bonds is 6. The minimum atomic E-state index is -0.949. The van der Waals surface area contributed by atoms with Crippen LogP contribution in [0.5, 0.6) is 0 Å². The molecule has 0 radical (unpaired) electrons. The molecule has 18 heavy (non-hydrogen) atoms. The zero-order valence-electron chi connectivity index (χ0n) is 10.7.